The molecule has 1 aromatic rings. The molecule has 4 N–H and O–H groups in total. The van der Waals surface area contributed by atoms with Crippen molar-refractivity contribution in [3.05, 3.63) is 29.8 Å². The zero-order valence-electron chi connectivity index (χ0n) is 22.1. The molecule has 35 heavy (non-hydrogen) atoms. The van der Waals surface area contributed by atoms with Gasteiger partial charge >= 0.3 is 5.97 Å². The Hall–Kier alpha value is -2.08. The van der Waals surface area contributed by atoms with Gasteiger partial charge in [-0.2, -0.15) is 0 Å². The van der Waals surface area contributed by atoms with Gasteiger partial charge in [0.1, 0.15) is 12.3 Å². The number of phenols is 1. The lowest BCUT2D eigenvalue weighted by atomic mass is 10.0. The first-order valence-electron chi connectivity index (χ1n) is 14.0. The van der Waals surface area contributed by atoms with Crippen molar-refractivity contribution < 1.29 is 19.4 Å². The van der Waals surface area contributed by atoms with Crippen molar-refractivity contribution in [2.24, 2.45) is 5.73 Å². The number of hydrogen-bond acceptors (Lipinski definition) is 5. The van der Waals surface area contributed by atoms with Crippen molar-refractivity contribution >= 4 is 11.9 Å². The predicted octanol–water partition coefficient (Wildman–Crippen LogP) is 6.18. The maximum atomic E-state index is 12.1. The Morgan fingerprint density at radius 2 is 1.26 bits per heavy atom. The molecule has 1 atom stereocenters. The number of rotatable bonds is 22. The van der Waals surface area contributed by atoms with Crippen LogP contribution in [0.2, 0.25) is 0 Å². The minimum absolute atomic E-state index is 0.166. The number of benzene rings is 1. The monoisotopic (exact) mass is 490 g/mol. The summed E-state index contributed by atoms with van der Waals surface area (Å²) in [6.45, 7) is 2.50. The average molecular weight is 491 g/mol. The number of carbonyl (C=O) groups is 2. The fourth-order valence-corrected chi connectivity index (χ4v) is 4.16. The summed E-state index contributed by atoms with van der Waals surface area (Å²) in [6.07, 6.45) is 21.2. The molecule has 0 fully saturated rings. The van der Waals surface area contributed by atoms with E-state index in [1.807, 2.05) is 0 Å². The highest BCUT2D eigenvalue weighted by atomic mass is 16.5. The van der Waals surface area contributed by atoms with Gasteiger partial charge in [-0.05, 0) is 30.5 Å². The Morgan fingerprint density at radius 3 is 1.74 bits per heavy atom. The molecule has 0 heterocycles. The minimum atomic E-state index is -0.757. The smallest absolute Gasteiger partial charge is 0.325 e. The third-order valence-corrected chi connectivity index (χ3v) is 6.40. The Labute approximate surface area is 213 Å². The number of unbranched alkanes of at least 4 members (excludes halogenated alkanes) is 15. The Bertz CT molecular complexity index is 663. The van der Waals surface area contributed by atoms with Gasteiger partial charge < -0.3 is 20.9 Å². The van der Waals surface area contributed by atoms with Crippen LogP contribution in [-0.2, 0) is 20.7 Å². The van der Waals surface area contributed by atoms with E-state index in [4.69, 9.17) is 10.5 Å². The van der Waals surface area contributed by atoms with Gasteiger partial charge in [-0.25, -0.2) is 0 Å². The molecule has 0 bridgehead atoms. The number of carbonyl (C=O) groups excluding carboxylic acids is 2. The van der Waals surface area contributed by atoms with Crippen LogP contribution in [0.25, 0.3) is 0 Å². The van der Waals surface area contributed by atoms with E-state index >= 15 is 0 Å². The molecule has 0 saturated carbocycles. The number of amides is 1. The summed E-state index contributed by atoms with van der Waals surface area (Å²) < 4.78 is 5.20. The van der Waals surface area contributed by atoms with E-state index in [-0.39, 0.29) is 12.3 Å². The molecule has 6 heteroatoms. The number of hydrogen-bond donors (Lipinski definition) is 3. The van der Waals surface area contributed by atoms with Crippen LogP contribution in [0.5, 0.6) is 5.75 Å². The van der Waals surface area contributed by atoms with Crippen molar-refractivity contribution in [3.63, 3.8) is 0 Å². The van der Waals surface area contributed by atoms with E-state index in [2.05, 4.69) is 12.2 Å². The first-order valence-corrected chi connectivity index (χ1v) is 14.0. The van der Waals surface area contributed by atoms with Crippen molar-refractivity contribution in [1.29, 1.82) is 0 Å². The van der Waals surface area contributed by atoms with E-state index in [1.54, 1.807) is 24.3 Å². The summed E-state index contributed by atoms with van der Waals surface area (Å²) in [7, 11) is 0. The highest BCUT2D eigenvalue weighted by Crippen LogP contribution is 2.14. The maximum Gasteiger partial charge on any atom is 0.325 e. The fourth-order valence-electron chi connectivity index (χ4n) is 4.16. The zero-order valence-corrected chi connectivity index (χ0v) is 22.1. The number of ether oxygens (including phenoxy) is 1. The standard InChI is InChI=1S/C29H50N2O4/c1-2-3-4-5-6-7-8-9-10-11-12-13-14-15-16-17-22-35-28(33)24-31-29(34)27(30)23-25-18-20-26(32)21-19-25/h18-21,27,32H,2-17,22-24,30H2,1H3,(H,31,34)/t27-/m0/s1. The lowest BCUT2D eigenvalue weighted by Crippen LogP contribution is -2.44. The van der Waals surface area contributed by atoms with Gasteiger partial charge in [0.15, 0.2) is 0 Å². The third-order valence-electron chi connectivity index (χ3n) is 6.40. The van der Waals surface area contributed by atoms with Crippen molar-refractivity contribution in [1.82, 2.24) is 5.32 Å². The van der Waals surface area contributed by atoms with Crippen molar-refractivity contribution in [2.45, 2.75) is 122 Å². The molecule has 0 aromatic heterocycles. The van der Waals surface area contributed by atoms with Crippen LogP contribution in [0.3, 0.4) is 0 Å². The molecule has 0 unspecified atom stereocenters. The van der Waals surface area contributed by atoms with Crippen LogP contribution < -0.4 is 11.1 Å². The van der Waals surface area contributed by atoms with Gasteiger partial charge in [0.2, 0.25) is 5.91 Å². The molecule has 6 nitrogen and oxygen atoms in total. The number of nitrogens with one attached hydrogen (secondary N) is 1. The largest absolute Gasteiger partial charge is 0.508 e. The van der Waals surface area contributed by atoms with Gasteiger partial charge in [-0.1, -0.05) is 115 Å². The van der Waals surface area contributed by atoms with Crippen LogP contribution in [0, 0.1) is 0 Å². The summed E-state index contributed by atoms with van der Waals surface area (Å²) in [5.74, 6) is -0.660. The van der Waals surface area contributed by atoms with E-state index in [9.17, 15) is 14.7 Å². The Morgan fingerprint density at radius 1 is 0.800 bits per heavy atom. The van der Waals surface area contributed by atoms with Crippen LogP contribution >= 0.6 is 0 Å². The summed E-state index contributed by atoms with van der Waals surface area (Å²) in [5, 5.41) is 11.8. The molecular weight excluding hydrogens is 440 g/mol. The molecular formula is C29H50N2O4. The lowest BCUT2D eigenvalue weighted by Gasteiger charge is -2.12. The Kier molecular flexibility index (Phi) is 18.8. The normalized spacial score (nSPS) is 11.8. The first kappa shape index (κ1) is 31.0. The van der Waals surface area contributed by atoms with Gasteiger partial charge in [0.05, 0.1) is 12.6 Å². The number of esters is 1. The van der Waals surface area contributed by atoms with Gasteiger partial charge in [-0.15, -0.1) is 0 Å². The summed E-state index contributed by atoms with van der Waals surface area (Å²) in [4.78, 5) is 23.9. The highest BCUT2D eigenvalue weighted by molar-refractivity contribution is 5.85. The molecule has 200 valence electrons. The predicted molar refractivity (Wildman–Crippen MR) is 143 cm³/mol. The van der Waals surface area contributed by atoms with E-state index in [0.717, 1.165) is 18.4 Å². The van der Waals surface area contributed by atoms with Crippen molar-refractivity contribution in [3.8, 4) is 5.75 Å². The number of phenolic OH excluding ortho intramolecular Hbond substituents is 1. The third kappa shape index (κ3) is 17.9. The molecule has 0 aliphatic carbocycles. The molecule has 1 aromatic carbocycles. The molecule has 0 aliphatic heterocycles. The van der Waals surface area contributed by atoms with Crippen LogP contribution in [0.1, 0.15) is 115 Å². The topological polar surface area (TPSA) is 102 Å². The van der Waals surface area contributed by atoms with E-state index in [0.29, 0.717) is 13.0 Å². The minimum Gasteiger partial charge on any atom is -0.508 e. The second-order valence-corrected chi connectivity index (χ2v) is 9.72. The first-order chi connectivity index (χ1) is 17.0. The second-order valence-electron chi connectivity index (χ2n) is 9.72. The molecule has 0 spiro atoms. The molecule has 1 amide bonds. The number of nitrogens with two attached hydrogens (primary N) is 1. The molecule has 0 radical (unpaired) electrons. The second kappa shape index (κ2) is 21.2. The van der Waals surface area contributed by atoms with Gasteiger partial charge in [-0.3, -0.25) is 9.59 Å². The summed E-state index contributed by atoms with van der Waals surface area (Å²) in [6, 6.07) is 5.78. The van der Waals surface area contributed by atoms with E-state index < -0.39 is 17.9 Å². The highest BCUT2D eigenvalue weighted by Gasteiger charge is 2.15. The quantitative estimate of drug-likeness (QED) is 0.133. The van der Waals surface area contributed by atoms with Gasteiger partial charge in [0.25, 0.3) is 0 Å². The molecule has 0 aliphatic rings. The molecule has 1 rings (SSSR count). The Balaban J connectivity index is 1.87. The number of aromatic hydroxyl groups is 1. The zero-order chi connectivity index (χ0) is 25.6. The van der Waals surface area contributed by atoms with Crippen molar-refractivity contribution in [2.75, 3.05) is 13.2 Å². The lowest BCUT2D eigenvalue weighted by molar-refractivity contribution is -0.144. The van der Waals surface area contributed by atoms with Crippen LogP contribution in [0.4, 0.5) is 0 Å². The van der Waals surface area contributed by atoms with Gasteiger partial charge in [0, 0.05) is 0 Å². The average Bonchev–Trinajstić information content (AvgIpc) is 2.85. The van der Waals surface area contributed by atoms with Crippen LogP contribution in [0.15, 0.2) is 24.3 Å². The fraction of sp³-hybridized carbons (Fsp3) is 0.724. The summed E-state index contributed by atoms with van der Waals surface area (Å²) >= 11 is 0. The summed E-state index contributed by atoms with van der Waals surface area (Å²) in [5.41, 5.74) is 6.74. The van der Waals surface area contributed by atoms with Crippen LogP contribution in [-0.4, -0.2) is 36.2 Å². The SMILES string of the molecule is CCCCCCCCCCCCCCCCCCOC(=O)CNC(=O)[C@@H](N)Cc1ccc(O)cc1. The van der Waals surface area contributed by atoms with E-state index in [1.165, 1.54) is 89.9 Å². The maximum absolute atomic E-state index is 12.1. The molecule has 0 saturated heterocycles.